The van der Waals surface area contributed by atoms with Gasteiger partial charge in [-0.2, -0.15) is 0 Å². The summed E-state index contributed by atoms with van der Waals surface area (Å²) in [6.07, 6.45) is 6.52. The first-order valence-corrected chi connectivity index (χ1v) is 20.4. The van der Waals surface area contributed by atoms with Crippen LogP contribution in [-0.4, -0.2) is 0 Å². The number of thiophene rings is 1. The average molecular weight is 726 g/mol. The van der Waals surface area contributed by atoms with Crippen LogP contribution in [0.3, 0.4) is 0 Å². The van der Waals surface area contributed by atoms with Gasteiger partial charge in [-0.05, 0) is 100 Å². The minimum Gasteiger partial charge on any atom is -0.456 e. The Morgan fingerprint density at radius 1 is 0.491 bits per heavy atom. The first-order valence-electron chi connectivity index (χ1n) is 19.6. The molecular formula is C52H39NOS. The predicted molar refractivity (Wildman–Crippen MR) is 235 cm³/mol. The largest absolute Gasteiger partial charge is 0.456 e. The van der Waals surface area contributed by atoms with Gasteiger partial charge in [-0.15, -0.1) is 11.3 Å². The number of para-hydroxylation sites is 2. The van der Waals surface area contributed by atoms with Crippen molar-refractivity contribution in [1.82, 2.24) is 0 Å². The number of hydrogen-bond donors (Lipinski definition) is 0. The number of anilines is 3. The highest BCUT2D eigenvalue weighted by Crippen LogP contribution is 2.49. The first-order chi connectivity index (χ1) is 27.3. The average Bonchev–Trinajstić information content (AvgIpc) is 3.83. The van der Waals surface area contributed by atoms with Crippen molar-refractivity contribution in [3.8, 4) is 22.3 Å². The van der Waals surface area contributed by atoms with E-state index in [-0.39, 0.29) is 0 Å². The third-order valence-electron chi connectivity index (χ3n) is 11.9. The Morgan fingerprint density at radius 3 is 2.05 bits per heavy atom. The highest BCUT2D eigenvalue weighted by molar-refractivity contribution is 7.26. The van der Waals surface area contributed by atoms with E-state index in [0.717, 1.165) is 38.8 Å². The van der Waals surface area contributed by atoms with Gasteiger partial charge in [-0.1, -0.05) is 141 Å². The van der Waals surface area contributed by atoms with Crippen LogP contribution in [0.25, 0.3) is 75.1 Å². The Labute approximate surface area is 324 Å². The zero-order valence-electron chi connectivity index (χ0n) is 30.5. The summed E-state index contributed by atoms with van der Waals surface area (Å²) in [7, 11) is 0. The molecule has 0 radical (unpaired) electrons. The van der Waals surface area contributed by atoms with Gasteiger partial charge in [-0.3, -0.25) is 0 Å². The molecule has 0 atom stereocenters. The topological polar surface area (TPSA) is 16.4 Å². The quantitative estimate of drug-likeness (QED) is 0.170. The third-order valence-corrected chi connectivity index (χ3v) is 13.1. The predicted octanol–water partition coefficient (Wildman–Crippen LogP) is 16.0. The van der Waals surface area contributed by atoms with Gasteiger partial charge in [-0.25, -0.2) is 0 Å². The maximum Gasteiger partial charge on any atom is 0.136 e. The monoisotopic (exact) mass is 725 g/mol. The minimum absolute atomic E-state index is 0.598. The lowest BCUT2D eigenvalue weighted by Crippen LogP contribution is -2.11. The lowest BCUT2D eigenvalue weighted by molar-refractivity contribution is 0.445. The molecule has 0 aliphatic heterocycles. The molecule has 8 aromatic carbocycles. The summed E-state index contributed by atoms with van der Waals surface area (Å²) < 4.78 is 8.88. The van der Waals surface area contributed by atoms with Crippen LogP contribution >= 0.6 is 11.3 Å². The molecule has 3 heteroatoms. The summed E-state index contributed by atoms with van der Waals surface area (Å²) in [6, 6.07) is 62.5. The van der Waals surface area contributed by atoms with Crippen molar-refractivity contribution in [2.75, 3.05) is 4.90 Å². The van der Waals surface area contributed by atoms with Crippen LogP contribution in [-0.2, 0) is 0 Å². The maximum atomic E-state index is 6.28. The van der Waals surface area contributed by atoms with Gasteiger partial charge >= 0.3 is 0 Å². The van der Waals surface area contributed by atoms with Gasteiger partial charge in [0, 0.05) is 37.5 Å². The van der Waals surface area contributed by atoms with Gasteiger partial charge in [0.05, 0.1) is 16.1 Å². The molecule has 0 bridgehead atoms. The number of rotatable bonds is 6. The Bertz CT molecular complexity index is 3030. The minimum atomic E-state index is 0.598. The molecule has 1 fully saturated rings. The fraction of sp³-hybridized carbons (Fsp3) is 0.115. The molecule has 1 saturated carbocycles. The second-order valence-electron chi connectivity index (χ2n) is 15.0. The summed E-state index contributed by atoms with van der Waals surface area (Å²) in [6.45, 7) is 0. The third kappa shape index (κ3) is 5.45. The van der Waals surface area contributed by atoms with Crippen molar-refractivity contribution >= 4 is 81.3 Å². The van der Waals surface area contributed by atoms with E-state index >= 15 is 0 Å². The van der Waals surface area contributed by atoms with Crippen molar-refractivity contribution < 1.29 is 4.42 Å². The molecule has 1 aliphatic carbocycles. The van der Waals surface area contributed by atoms with Crippen LogP contribution in [0.5, 0.6) is 0 Å². The fourth-order valence-corrected chi connectivity index (χ4v) is 10.5. The molecule has 2 nitrogen and oxygen atoms in total. The normalized spacial score (nSPS) is 13.7. The Balaban J connectivity index is 1.10. The molecule has 11 rings (SSSR count). The van der Waals surface area contributed by atoms with E-state index in [0.29, 0.717) is 5.92 Å². The second kappa shape index (κ2) is 13.3. The van der Waals surface area contributed by atoms with Gasteiger partial charge in [0.2, 0.25) is 0 Å². The molecule has 1 aliphatic rings. The van der Waals surface area contributed by atoms with Crippen molar-refractivity contribution in [3.05, 3.63) is 175 Å². The highest BCUT2D eigenvalue weighted by Gasteiger charge is 2.24. The maximum absolute atomic E-state index is 6.28. The lowest BCUT2D eigenvalue weighted by Gasteiger charge is -2.29. The van der Waals surface area contributed by atoms with E-state index in [1.54, 1.807) is 0 Å². The number of nitrogens with zero attached hydrogens (tertiary/aromatic N) is 1. The summed E-state index contributed by atoms with van der Waals surface area (Å²) in [4.78, 5) is 2.50. The van der Waals surface area contributed by atoms with E-state index < -0.39 is 0 Å². The van der Waals surface area contributed by atoms with E-state index in [4.69, 9.17) is 4.42 Å². The van der Waals surface area contributed by atoms with Crippen LogP contribution in [0.15, 0.2) is 174 Å². The van der Waals surface area contributed by atoms with Crippen molar-refractivity contribution in [2.24, 2.45) is 0 Å². The van der Waals surface area contributed by atoms with Crippen molar-refractivity contribution in [1.29, 1.82) is 0 Å². The van der Waals surface area contributed by atoms with E-state index in [9.17, 15) is 0 Å². The highest BCUT2D eigenvalue weighted by atomic mass is 32.1. The summed E-state index contributed by atoms with van der Waals surface area (Å²) in [5.74, 6) is 0.598. The van der Waals surface area contributed by atoms with Crippen molar-refractivity contribution in [2.45, 2.75) is 38.0 Å². The SMILES string of the molecule is c1ccc(N(c2ccc(-c3ccc4c(c3)oc3ccccc34)cc2)c2cccc3c2sc2ccccc23)c(-c2cccc3cccc(C4CCCCC4)c23)c1. The molecule has 0 unspecified atom stereocenters. The van der Waals surface area contributed by atoms with E-state index in [2.05, 4.69) is 163 Å². The molecule has 0 saturated heterocycles. The van der Waals surface area contributed by atoms with Crippen LogP contribution < -0.4 is 4.90 Å². The standard InChI is InChI=1S/C52H39NOS/c1-2-13-35(14-3-1)39-20-10-15-36-16-11-21-44(51(36)39)40-17-4-7-23-46(40)53(47-24-12-22-45-43-19-6-9-26-50(43)55-52(45)47)38-30-27-34(28-31-38)37-29-32-42-41-18-5-8-25-48(41)54-49(42)33-37/h4-12,15-33,35H,1-3,13-14H2. The van der Waals surface area contributed by atoms with Gasteiger partial charge in [0.25, 0.3) is 0 Å². The molecular weight excluding hydrogens is 687 g/mol. The Hall–Kier alpha value is -6.16. The summed E-state index contributed by atoms with van der Waals surface area (Å²) >= 11 is 1.88. The summed E-state index contributed by atoms with van der Waals surface area (Å²) in [5, 5.41) is 7.62. The molecule has 55 heavy (non-hydrogen) atoms. The fourth-order valence-electron chi connectivity index (χ4n) is 9.27. The summed E-state index contributed by atoms with van der Waals surface area (Å²) in [5.41, 5.74) is 11.7. The number of fused-ring (bicyclic) bond motifs is 7. The lowest BCUT2D eigenvalue weighted by atomic mass is 9.80. The molecule has 0 spiro atoms. The molecule has 2 heterocycles. The van der Waals surface area contributed by atoms with Crippen LogP contribution in [0.1, 0.15) is 43.6 Å². The van der Waals surface area contributed by atoms with Gasteiger partial charge in [0.15, 0.2) is 0 Å². The zero-order chi connectivity index (χ0) is 36.3. The second-order valence-corrected chi connectivity index (χ2v) is 16.1. The van der Waals surface area contributed by atoms with Crippen molar-refractivity contribution in [3.63, 3.8) is 0 Å². The molecule has 0 N–H and O–H groups in total. The molecule has 0 amide bonds. The molecule has 10 aromatic rings. The molecule has 2 aromatic heterocycles. The Kier molecular flexibility index (Phi) is 7.81. The number of hydrogen-bond acceptors (Lipinski definition) is 3. The van der Waals surface area contributed by atoms with Crippen LogP contribution in [0.4, 0.5) is 17.1 Å². The van der Waals surface area contributed by atoms with Gasteiger partial charge < -0.3 is 9.32 Å². The smallest absolute Gasteiger partial charge is 0.136 e. The van der Waals surface area contributed by atoms with E-state index in [1.807, 2.05) is 23.5 Å². The Morgan fingerprint density at radius 2 is 1.16 bits per heavy atom. The van der Waals surface area contributed by atoms with Crippen LogP contribution in [0, 0.1) is 0 Å². The number of furan rings is 1. The van der Waals surface area contributed by atoms with E-state index in [1.165, 1.54) is 91.1 Å². The molecule has 264 valence electrons. The van der Waals surface area contributed by atoms with Gasteiger partial charge in [0.1, 0.15) is 11.2 Å². The number of benzene rings is 8. The van der Waals surface area contributed by atoms with Crippen LogP contribution in [0.2, 0.25) is 0 Å². The zero-order valence-corrected chi connectivity index (χ0v) is 31.4. The first kappa shape index (κ1) is 32.3.